The van der Waals surface area contributed by atoms with Gasteiger partial charge >= 0.3 is 0 Å². The fourth-order valence-electron chi connectivity index (χ4n) is 4.75. The molecular formula is C25H28FN5O3. The number of methoxy groups -OCH3 is 1. The number of carbonyl (C=O) groups is 1. The highest BCUT2D eigenvalue weighted by atomic mass is 19.1. The number of likely N-dealkylation sites (tertiary alicyclic amines) is 1. The van der Waals surface area contributed by atoms with Crippen molar-refractivity contribution in [2.75, 3.05) is 38.7 Å². The maximum absolute atomic E-state index is 13.8. The molecular weight excluding hydrogens is 437 g/mol. The van der Waals surface area contributed by atoms with Gasteiger partial charge in [0.1, 0.15) is 18.0 Å². The monoisotopic (exact) mass is 465 g/mol. The highest BCUT2D eigenvalue weighted by molar-refractivity contribution is 5.98. The second-order valence-corrected chi connectivity index (χ2v) is 9.04. The number of nitrogens with one attached hydrogen (secondary N) is 1. The van der Waals surface area contributed by atoms with E-state index in [0.29, 0.717) is 65.8 Å². The number of hydrogen-bond acceptors (Lipinski definition) is 7. The van der Waals surface area contributed by atoms with Crippen molar-refractivity contribution in [1.29, 1.82) is 5.26 Å². The molecule has 178 valence electrons. The SMILES string of the molecule is COc1cc(C#N)ccc1C1C(C(N)=O)=C(C)Nc2c(C)cnc(OCCN3CC(C)(F)C3)c21. The van der Waals surface area contributed by atoms with Crippen LogP contribution in [0.4, 0.5) is 10.1 Å². The molecule has 2 aliphatic heterocycles. The summed E-state index contributed by atoms with van der Waals surface area (Å²) in [5, 5.41) is 12.6. The van der Waals surface area contributed by atoms with Crippen molar-refractivity contribution >= 4 is 11.6 Å². The van der Waals surface area contributed by atoms with Crippen LogP contribution < -0.4 is 20.5 Å². The summed E-state index contributed by atoms with van der Waals surface area (Å²) in [5.74, 6) is -0.377. The zero-order chi connectivity index (χ0) is 24.6. The lowest BCUT2D eigenvalue weighted by atomic mass is 9.79. The predicted molar refractivity (Wildman–Crippen MR) is 125 cm³/mol. The maximum atomic E-state index is 13.8. The lowest BCUT2D eigenvalue weighted by Crippen LogP contribution is -2.57. The van der Waals surface area contributed by atoms with Gasteiger partial charge in [-0.05, 0) is 38.5 Å². The Morgan fingerprint density at radius 3 is 2.76 bits per heavy atom. The second-order valence-electron chi connectivity index (χ2n) is 9.04. The van der Waals surface area contributed by atoms with Gasteiger partial charge in [0.2, 0.25) is 11.8 Å². The van der Waals surface area contributed by atoms with Crippen LogP contribution in [0.3, 0.4) is 0 Å². The number of benzene rings is 1. The van der Waals surface area contributed by atoms with E-state index in [1.807, 2.05) is 11.8 Å². The molecule has 9 heteroatoms. The van der Waals surface area contributed by atoms with Gasteiger partial charge in [0.25, 0.3) is 0 Å². The number of primary amides is 1. The Bertz CT molecular complexity index is 1210. The fraction of sp³-hybridized carbons (Fsp3) is 0.400. The molecule has 1 unspecified atom stereocenters. The van der Waals surface area contributed by atoms with Crippen LogP contribution in [0.2, 0.25) is 0 Å². The topological polar surface area (TPSA) is 113 Å². The summed E-state index contributed by atoms with van der Waals surface area (Å²) in [7, 11) is 1.51. The van der Waals surface area contributed by atoms with Gasteiger partial charge in [0, 0.05) is 42.7 Å². The number of carbonyl (C=O) groups excluding carboxylic acids is 1. The minimum Gasteiger partial charge on any atom is -0.496 e. The Labute approximate surface area is 198 Å². The Balaban J connectivity index is 1.78. The van der Waals surface area contributed by atoms with E-state index in [4.69, 9.17) is 15.2 Å². The molecule has 3 N–H and O–H groups in total. The maximum Gasteiger partial charge on any atom is 0.247 e. The molecule has 1 fully saturated rings. The molecule has 0 radical (unpaired) electrons. The number of anilines is 1. The summed E-state index contributed by atoms with van der Waals surface area (Å²) in [6.07, 6.45) is 1.71. The Morgan fingerprint density at radius 1 is 1.41 bits per heavy atom. The van der Waals surface area contributed by atoms with E-state index in [0.717, 1.165) is 11.3 Å². The molecule has 1 aromatic carbocycles. The van der Waals surface area contributed by atoms with E-state index >= 15 is 0 Å². The van der Waals surface area contributed by atoms with Crippen molar-refractivity contribution in [3.63, 3.8) is 0 Å². The Kier molecular flexibility index (Phi) is 6.19. The Hall–Kier alpha value is -3.64. The van der Waals surface area contributed by atoms with Gasteiger partial charge in [-0.2, -0.15) is 5.26 Å². The van der Waals surface area contributed by atoms with Crippen molar-refractivity contribution < 1.29 is 18.7 Å². The number of amides is 1. The number of nitrogens with two attached hydrogens (primary N) is 1. The van der Waals surface area contributed by atoms with Gasteiger partial charge in [-0.15, -0.1) is 0 Å². The minimum atomic E-state index is -1.15. The third kappa shape index (κ3) is 4.29. The standard InChI is InChI=1S/C25H28FN5O3/c1-14-11-29-24(34-8-7-31-12-25(3,26)13-31)21-20(19(23(28)32)15(2)30-22(14)21)17-6-5-16(10-27)9-18(17)33-4/h5-6,9,11,20,30H,7-8,12-13H2,1-4H3,(H2,28,32). The number of aromatic nitrogens is 1. The van der Waals surface area contributed by atoms with E-state index in [1.54, 1.807) is 38.2 Å². The normalized spacial score (nSPS) is 18.9. The molecule has 1 aromatic heterocycles. The molecule has 0 spiro atoms. The van der Waals surface area contributed by atoms with Crippen LogP contribution in [0.15, 0.2) is 35.7 Å². The number of aryl methyl sites for hydroxylation is 1. The quantitative estimate of drug-likeness (QED) is 0.646. The van der Waals surface area contributed by atoms with E-state index in [-0.39, 0.29) is 0 Å². The van der Waals surface area contributed by atoms with E-state index < -0.39 is 17.5 Å². The third-order valence-electron chi connectivity index (χ3n) is 6.26. The number of pyridine rings is 1. The van der Waals surface area contributed by atoms with Crippen molar-refractivity contribution in [1.82, 2.24) is 9.88 Å². The number of fused-ring (bicyclic) bond motifs is 1. The number of rotatable bonds is 7. The minimum absolute atomic E-state index is 0.310. The fourth-order valence-corrected chi connectivity index (χ4v) is 4.75. The zero-order valence-corrected chi connectivity index (χ0v) is 19.7. The van der Waals surface area contributed by atoms with Crippen molar-refractivity contribution in [3.8, 4) is 17.7 Å². The number of hydrogen-bond donors (Lipinski definition) is 2. The van der Waals surface area contributed by atoms with Crippen molar-refractivity contribution in [3.05, 3.63) is 57.9 Å². The molecule has 1 saturated heterocycles. The van der Waals surface area contributed by atoms with Gasteiger partial charge in [0.05, 0.1) is 35.9 Å². The van der Waals surface area contributed by atoms with Crippen LogP contribution in [0.1, 0.15) is 42.0 Å². The van der Waals surface area contributed by atoms with E-state index in [9.17, 15) is 14.4 Å². The van der Waals surface area contributed by atoms with Crippen LogP contribution in [0.5, 0.6) is 11.6 Å². The highest BCUT2D eigenvalue weighted by Crippen LogP contribution is 2.48. The summed E-state index contributed by atoms with van der Waals surface area (Å²) in [5.41, 5.74) is 9.10. The molecule has 8 nitrogen and oxygen atoms in total. The summed E-state index contributed by atoms with van der Waals surface area (Å²) in [6, 6.07) is 7.18. The van der Waals surface area contributed by atoms with Crippen LogP contribution in [0.25, 0.3) is 0 Å². The van der Waals surface area contributed by atoms with Gasteiger partial charge in [-0.25, -0.2) is 9.37 Å². The van der Waals surface area contributed by atoms with Gasteiger partial charge < -0.3 is 20.5 Å². The first-order valence-electron chi connectivity index (χ1n) is 11.0. The van der Waals surface area contributed by atoms with Crippen LogP contribution >= 0.6 is 0 Å². The summed E-state index contributed by atoms with van der Waals surface area (Å²) in [6.45, 7) is 6.91. The van der Waals surface area contributed by atoms with E-state index in [2.05, 4.69) is 16.4 Å². The first-order chi connectivity index (χ1) is 16.1. The van der Waals surface area contributed by atoms with Crippen LogP contribution in [-0.4, -0.2) is 54.8 Å². The Morgan fingerprint density at radius 2 is 2.15 bits per heavy atom. The predicted octanol–water partition coefficient (Wildman–Crippen LogP) is 3.01. The lowest BCUT2D eigenvalue weighted by Gasteiger charge is -2.42. The average molecular weight is 466 g/mol. The summed E-state index contributed by atoms with van der Waals surface area (Å²) >= 11 is 0. The average Bonchev–Trinajstić information content (AvgIpc) is 2.78. The van der Waals surface area contributed by atoms with Crippen LogP contribution in [-0.2, 0) is 4.79 Å². The van der Waals surface area contributed by atoms with Gasteiger partial charge in [-0.3, -0.25) is 9.69 Å². The third-order valence-corrected chi connectivity index (χ3v) is 6.26. The molecule has 0 aliphatic carbocycles. The molecule has 2 aliphatic rings. The van der Waals surface area contributed by atoms with Crippen LogP contribution in [0, 0.1) is 18.3 Å². The van der Waals surface area contributed by atoms with Gasteiger partial charge in [0.15, 0.2) is 0 Å². The first-order valence-corrected chi connectivity index (χ1v) is 11.0. The molecule has 4 rings (SSSR count). The molecule has 0 saturated carbocycles. The molecule has 0 bridgehead atoms. The second kappa shape index (κ2) is 8.95. The largest absolute Gasteiger partial charge is 0.496 e. The molecule has 1 amide bonds. The molecule has 3 heterocycles. The number of nitriles is 1. The number of nitrogens with zero attached hydrogens (tertiary/aromatic N) is 3. The smallest absolute Gasteiger partial charge is 0.247 e. The van der Waals surface area contributed by atoms with Crippen molar-refractivity contribution in [2.45, 2.75) is 32.4 Å². The number of alkyl halides is 1. The zero-order valence-electron chi connectivity index (χ0n) is 19.7. The molecule has 1 atom stereocenters. The lowest BCUT2D eigenvalue weighted by molar-refractivity contribution is -0.114. The number of halogens is 1. The summed E-state index contributed by atoms with van der Waals surface area (Å²) < 4.78 is 25.5. The summed E-state index contributed by atoms with van der Waals surface area (Å²) in [4.78, 5) is 19.1. The number of allylic oxidation sites excluding steroid dienone is 1. The first kappa shape index (κ1) is 23.5. The van der Waals surface area contributed by atoms with Crippen molar-refractivity contribution in [2.24, 2.45) is 5.73 Å². The van der Waals surface area contributed by atoms with E-state index in [1.165, 1.54) is 7.11 Å². The molecule has 34 heavy (non-hydrogen) atoms. The van der Waals surface area contributed by atoms with Gasteiger partial charge in [-0.1, -0.05) is 6.07 Å². The highest BCUT2D eigenvalue weighted by Gasteiger charge is 2.39. The molecule has 2 aromatic rings. The number of ether oxygens (including phenoxy) is 2.